The van der Waals surface area contributed by atoms with Crippen molar-refractivity contribution in [1.29, 1.82) is 0 Å². The summed E-state index contributed by atoms with van der Waals surface area (Å²) in [5, 5.41) is 15.3. The largest absolute Gasteiger partial charge is 0.390 e. The lowest BCUT2D eigenvalue weighted by Gasteiger charge is -2.28. The SMILES string of the molecule is NC(=O)N/N=C\c1cn(C[C@H](O)CN2CCOCC2)c2ccccc12. The van der Waals surface area contributed by atoms with E-state index in [1.54, 1.807) is 6.21 Å². The molecule has 1 aliphatic rings. The predicted molar refractivity (Wildman–Crippen MR) is 95.5 cm³/mol. The van der Waals surface area contributed by atoms with Crippen molar-refractivity contribution >= 4 is 23.1 Å². The maximum atomic E-state index is 10.7. The Kier molecular flexibility index (Phi) is 5.64. The molecule has 0 aliphatic carbocycles. The van der Waals surface area contributed by atoms with Gasteiger partial charge in [0.2, 0.25) is 0 Å². The van der Waals surface area contributed by atoms with Gasteiger partial charge >= 0.3 is 6.03 Å². The predicted octanol–water partition coefficient (Wildman–Crippen LogP) is 0.337. The standard InChI is InChI=1S/C17H23N5O3/c18-17(24)20-19-9-13-10-22(16-4-2-1-3-15(13)16)12-14(23)11-21-5-7-25-8-6-21/h1-4,9-10,14,23H,5-8,11-12H2,(H3,18,20,24)/b19-9-/t14-/m1/s1. The molecule has 8 nitrogen and oxygen atoms in total. The maximum absolute atomic E-state index is 10.7. The summed E-state index contributed by atoms with van der Waals surface area (Å²) in [6.45, 7) is 4.22. The molecule has 1 aromatic carbocycles. The number of ether oxygens (including phenoxy) is 1. The Morgan fingerprint density at radius 3 is 2.88 bits per heavy atom. The summed E-state index contributed by atoms with van der Waals surface area (Å²) >= 11 is 0. The number of fused-ring (bicyclic) bond motifs is 1. The van der Waals surface area contributed by atoms with E-state index in [2.05, 4.69) is 15.4 Å². The topological polar surface area (TPSA) is 105 Å². The van der Waals surface area contributed by atoms with Gasteiger partial charge in [-0.25, -0.2) is 10.2 Å². The molecule has 1 aromatic heterocycles. The molecular weight excluding hydrogens is 322 g/mol. The zero-order valence-electron chi connectivity index (χ0n) is 14.0. The molecule has 1 saturated heterocycles. The van der Waals surface area contributed by atoms with Crippen LogP contribution in [-0.2, 0) is 11.3 Å². The highest BCUT2D eigenvalue weighted by Gasteiger charge is 2.16. The number of aliphatic hydroxyl groups excluding tert-OH is 1. The molecular formula is C17H23N5O3. The van der Waals surface area contributed by atoms with Crippen LogP contribution in [0.5, 0.6) is 0 Å². The Balaban J connectivity index is 1.74. The van der Waals surface area contributed by atoms with E-state index in [0.717, 1.165) is 29.6 Å². The van der Waals surface area contributed by atoms with Crippen molar-refractivity contribution in [2.24, 2.45) is 10.8 Å². The molecule has 134 valence electrons. The number of primary amides is 1. The van der Waals surface area contributed by atoms with Gasteiger partial charge in [0.25, 0.3) is 0 Å². The number of morpholine rings is 1. The second-order valence-electron chi connectivity index (χ2n) is 6.06. The lowest BCUT2D eigenvalue weighted by atomic mass is 10.2. The lowest BCUT2D eigenvalue weighted by molar-refractivity contribution is 0.0117. The van der Waals surface area contributed by atoms with Crippen LogP contribution in [0, 0.1) is 0 Å². The van der Waals surface area contributed by atoms with Gasteiger partial charge in [0, 0.05) is 48.8 Å². The summed E-state index contributed by atoms with van der Waals surface area (Å²) in [7, 11) is 0. The smallest absolute Gasteiger partial charge is 0.332 e. The van der Waals surface area contributed by atoms with Crippen LogP contribution in [0.2, 0.25) is 0 Å². The Morgan fingerprint density at radius 1 is 1.36 bits per heavy atom. The van der Waals surface area contributed by atoms with E-state index >= 15 is 0 Å². The zero-order valence-corrected chi connectivity index (χ0v) is 14.0. The second kappa shape index (κ2) is 8.11. The number of carbonyl (C=O) groups is 1. The van der Waals surface area contributed by atoms with Crippen LogP contribution in [0.25, 0.3) is 10.9 Å². The van der Waals surface area contributed by atoms with Crippen LogP contribution in [0.4, 0.5) is 4.79 Å². The normalized spacial score (nSPS) is 17.2. The monoisotopic (exact) mass is 345 g/mol. The zero-order chi connectivity index (χ0) is 17.6. The molecule has 1 atom stereocenters. The number of para-hydroxylation sites is 1. The Labute approximate surface area is 145 Å². The number of benzene rings is 1. The first-order valence-electron chi connectivity index (χ1n) is 8.28. The summed E-state index contributed by atoms with van der Waals surface area (Å²) in [5.74, 6) is 0. The average Bonchev–Trinajstić information content (AvgIpc) is 2.93. The number of rotatable bonds is 6. The number of β-amino-alcohol motifs (C(OH)–C–C–N with tert-alkyl or cyclic N) is 1. The van der Waals surface area contributed by atoms with Crippen LogP contribution in [-0.4, -0.2) is 65.8 Å². The quantitative estimate of drug-likeness (QED) is 0.518. The molecule has 2 aromatic rings. The highest BCUT2D eigenvalue weighted by Crippen LogP contribution is 2.20. The van der Waals surface area contributed by atoms with E-state index in [-0.39, 0.29) is 0 Å². The van der Waals surface area contributed by atoms with Gasteiger partial charge in [-0.05, 0) is 6.07 Å². The van der Waals surface area contributed by atoms with Gasteiger partial charge < -0.3 is 20.1 Å². The summed E-state index contributed by atoms with van der Waals surface area (Å²) in [5.41, 5.74) is 9.06. The number of hydrazone groups is 1. The number of aromatic nitrogens is 1. The molecule has 0 radical (unpaired) electrons. The van der Waals surface area contributed by atoms with Crippen LogP contribution in [0.3, 0.4) is 0 Å². The summed E-state index contributed by atoms with van der Waals surface area (Å²) in [4.78, 5) is 12.9. The van der Waals surface area contributed by atoms with E-state index in [1.165, 1.54) is 0 Å². The third-order valence-corrected chi connectivity index (χ3v) is 4.18. The molecule has 1 fully saturated rings. The van der Waals surface area contributed by atoms with Crippen molar-refractivity contribution in [2.45, 2.75) is 12.6 Å². The minimum absolute atomic E-state index is 0.481. The fraction of sp³-hybridized carbons (Fsp3) is 0.412. The van der Waals surface area contributed by atoms with Crippen molar-refractivity contribution in [3.8, 4) is 0 Å². The number of nitrogens with zero attached hydrogens (tertiary/aromatic N) is 3. The number of urea groups is 1. The van der Waals surface area contributed by atoms with Crippen LogP contribution < -0.4 is 11.2 Å². The summed E-state index contributed by atoms with van der Waals surface area (Å²) < 4.78 is 7.34. The first kappa shape index (κ1) is 17.4. The van der Waals surface area contributed by atoms with Crippen molar-refractivity contribution in [3.05, 3.63) is 36.0 Å². The van der Waals surface area contributed by atoms with Gasteiger partial charge in [-0.1, -0.05) is 18.2 Å². The molecule has 4 N–H and O–H groups in total. The molecule has 0 bridgehead atoms. The second-order valence-corrected chi connectivity index (χ2v) is 6.06. The maximum Gasteiger partial charge on any atom is 0.332 e. The minimum Gasteiger partial charge on any atom is -0.390 e. The van der Waals surface area contributed by atoms with Crippen molar-refractivity contribution < 1.29 is 14.6 Å². The molecule has 3 rings (SSSR count). The highest BCUT2D eigenvalue weighted by molar-refractivity contribution is 5.99. The number of aliphatic hydroxyl groups is 1. The third-order valence-electron chi connectivity index (χ3n) is 4.18. The first-order chi connectivity index (χ1) is 12.1. The number of amides is 2. The van der Waals surface area contributed by atoms with Crippen molar-refractivity contribution in [1.82, 2.24) is 14.9 Å². The third kappa shape index (κ3) is 4.56. The number of nitrogens with one attached hydrogen (secondary N) is 1. The van der Waals surface area contributed by atoms with Crippen molar-refractivity contribution in [3.63, 3.8) is 0 Å². The number of hydrogen-bond acceptors (Lipinski definition) is 5. The van der Waals surface area contributed by atoms with E-state index in [1.807, 2.05) is 35.0 Å². The number of carbonyl (C=O) groups excluding carboxylic acids is 1. The lowest BCUT2D eigenvalue weighted by Crippen LogP contribution is -2.41. The summed E-state index contributed by atoms with van der Waals surface area (Å²) in [6, 6.07) is 7.16. The van der Waals surface area contributed by atoms with Crippen LogP contribution >= 0.6 is 0 Å². The van der Waals surface area contributed by atoms with E-state index < -0.39 is 12.1 Å². The van der Waals surface area contributed by atoms with Gasteiger partial charge in [0.1, 0.15) is 0 Å². The number of hydrogen-bond donors (Lipinski definition) is 3. The molecule has 1 aliphatic heterocycles. The van der Waals surface area contributed by atoms with Crippen LogP contribution in [0.15, 0.2) is 35.6 Å². The van der Waals surface area contributed by atoms with Gasteiger partial charge in [0.15, 0.2) is 0 Å². The molecule has 0 spiro atoms. The number of nitrogens with two attached hydrogens (primary N) is 1. The molecule has 8 heteroatoms. The summed E-state index contributed by atoms with van der Waals surface area (Å²) in [6.07, 6.45) is 2.99. The van der Waals surface area contributed by atoms with Gasteiger partial charge in [-0.3, -0.25) is 4.90 Å². The Hall–Kier alpha value is -2.42. The fourth-order valence-electron chi connectivity index (χ4n) is 3.06. The molecule has 2 amide bonds. The average molecular weight is 345 g/mol. The molecule has 0 unspecified atom stereocenters. The Bertz CT molecular complexity index is 752. The first-order valence-corrected chi connectivity index (χ1v) is 8.28. The van der Waals surface area contributed by atoms with Crippen molar-refractivity contribution in [2.75, 3.05) is 32.8 Å². The molecule has 2 heterocycles. The van der Waals surface area contributed by atoms with Gasteiger partial charge in [-0.15, -0.1) is 0 Å². The fourth-order valence-corrected chi connectivity index (χ4v) is 3.06. The van der Waals surface area contributed by atoms with E-state index in [0.29, 0.717) is 26.3 Å². The molecule has 0 saturated carbocycles. The molecule has 25 heavy (non-hydrogen) atoms. The van der Waals surface area contributed by atoms with E-state index in [9.17, 15) is 9.90 Å². The van der Waals surface area contributed by atoms with Gasteiger partial charge in [-0.2, -0.15) is 5.10 Å². The Morgan fingerprint density at radius 2 is 2.12 bits per heavy atom. The minimum atomic E-state index is -0.707. The highest BCUT2D eigenvalue weighted by atomic mass is 16.5. The van der Waals surface area contributed by atoms with E-state index in [4.69, 9.17) is 10.5 Å². The van der Waals surface area contributed by atoms with Crippen LogP contribution in [0.1, 0.15) is 5.56 Å². The van der Waals surface area contributed by atoms with Gasteiger partial charge in [0.05, 0.1) is 25.5 Å².